The standard InChI is InChI=1S/C18H31NO3Si/c1-20-18(12-8-13-19)17(15-16-9-5-4-6-10-16)11-7-14-23(18,21-2)22-3/h4-6,9-10,17H,7-8,11-15,19H2,1-3H3. The van der Waals surface area contributed by atoms with Crippen LogP contribution in [0.4, 0.5) is 0 Å². The van der Waals surface area contributed by atoms with E-state index < -0.39 is 8.56 Å². The van der Waals surface area contributed by atoms with E-state index in [2.05, 4.69) is 30.3 Å². The number of hydrogen-bond donors (Lipinski definition) is 1. The van der Waals surface area contributed by atoms with Crippen LogP contribution in [0.25, 0.3) is 0 Å². The molecule has 0 aromatic heterocycles. The summed E-state index contributed by atoms with van der Waals surface area (Å²) in [5.74, 6) is 0.404. The first-order chi connectivity index (χ1) is 11.2. The first-order valence-electron chi connectivity index (χ1n) is 8.57. The highest BCUT2D eigenvalue weighted by Gasteiger charge is 2.62. The molecule has 1 aromatic rings. The molecule has 0 bridgehead atoms. The Morgan fingerprint density at radius 2 is 1.87 bits per heavy atom. The molecule has 23 heavy (non-hydrogen) atoms. The summed E-state index contributed by atoms with van der Waals surface area (Å²) in [4.78, 5) is 0. The van der Waals surface area contributed by atoms with Crippen LogP contribution in [0.5, 0.6) is 0 Å². The Morgan fingerprint density at radius 3 is 2.43 bits per heavy atom. The van der Waals surface area contributed by atoms with Crippen LogP contribution in [-0.2, 0) is 20.0 Å². The summed E-state index contributed by atoms with van der Waals surface area (Å²) >= 11 is 0. The molecule has 2 atom stereocenters. The van der Waals surface area contributed by atoms with Crippen LogP contribution in [0.2, 0.25) is 6.04 Å². The Labute approximate surface area is 141 Å². The van der Waals surface area contributed by atoms with Gasteiger partial charge in [0.1, 0.15) is 5.22 Å². The highest BCUT2D eigenvalue weighted by atomic mass is 28.4. The van der Waals surface area contributed by atoms with Gasteiger partial charge in [-0.2, -0.15) is 0 Å². The van der Waals surface area contributed by atoms with Crippen molar-refractivity contribution < 1.29 is 13.6 Å². The van der Waals surface area contributed by atoms with Gasteiger partial charge in [-0.3, -0.25) is 0 Å². The Balaban J connectivity index is 2.36. The molecule has 0 saturated carbocycles. The predicted molar refractivity (Wildman–Crippen MR) is 95.5 cm³/mol. The Kier molecular flexibility index (Phi) is 6.80. The number of nitrogens with two attached hydrogens (primary N) is 1. The number of benzene rings is 1. The van der Waals surface area contributed by atoms with Gasteiger partial charge in [0.25, 0.3) is 0 Å². The fraction of sp³-hybridized carbons (Fsp3) is 0.667. The second-order valence-electron chi connectivity index (χ2n) is 6.43. The van der Waals surface area contributed by atoms with Gasteiger partial charge in [0.05, 0.1) is 0 Å². The Morgan fingerprint density at radius 1 is 1.17 bits per heavy atom. The van der Waals surface area contributed by atoms with Crippen molar-refractivity contribution in [3.63, 3.8) is 0 Å². The molecule has 1 aromatic carbocycles. The molecule has 1 heterocycles. The molecule has 0 aliphatic carbocycles. The lowest BCUT2D eigenvalue weighted by molar-refractivity contribution is -0.0539. The van der Waals surface area contributed by atoms with E-state index in [9.17, 15) is 0 Å². The van der Waals surface area contributed by atoms with E-state index in [1.807, 2.05) is 7.11 Å². The zero-order chi connectivity index (χ0) is 16.8. The van der Waals surface area contributed by atoms with E-state index in [4.69, 9.17) is 19.3 Å². The zero-order valence-electron chi connectivity index (χ0n) is 14.7. The SMILES string of the molecule is COC1(CCCN)C(Cc2ccccc2)CCC[Si]1(OC)OC. The van der Waals surface area contributed by atoms with Gasteiger partial charge in [-0.1, -0.05) is 36.8 Å². The Bertz CT molecular complexity index is 467. The van der Waals surface area contributed by atoms with Crippen LogP contribution in [0.3, 0.4) is 0 Å². The molecule has 2 rings (SSSR count). The van der Waals surface area contributed by atoms with Crippen molar-refractivity contribution in [1.29, 1.82) is 0 Å². The van der Waals surface area contributed by atoms with Gasteiger partial charge in [-0.15, -0.1) is 0 Å². The maximum Gasteiger partial charge on any atom is 0.371 e. The minimum Gasteiger partial charge on any atom is -0.396 e. The molecular formula is C18H31NO3Si. The van der Waals surface area contributed by atoms with E-state index in [-0.39, 0.29) is 5.22 Å². The van der Waals surface area contributed by atoms with E-state index in [1.165, 1.54) is 5.56 Å². The van der Waals surface area contributed by atoms with Crippen molar-refractivity contribution in [3.8, 4) is 0 Å². The molecule has 4 nitrogen and oxygen atoms in total. The second kappa shape index (κ2) is 8.40. The molecule has 0 spiro atoms. The molecule has 2 N–H and O–H groups in total. The molecule has 2 unspecified atom stereocenters. The summed E-state index contributed by atoms with van der Waals surface area (Å²) in [6, 6.07) is 11.6. The topological polar surface area (TPSA) is 53.7 Å². The molecule has 1 aliphatic rings. The molecule has 1 aliphatic heterocycles. The van der Waals surface area contributed by atoms with Crippen molar-refractivity contribution in [2.75, 3.05) is 27.9 Å². The maximum absolute atomic E-state index is 6.22. The lowest BCUT2D eigenvalue weighted by atomic mass is 9.86. The van der Waals surface area contributed by atoms with Crippen LogP contribution in [0.1, 0.15) is 31.2 Å². The summed E-state index contributed by atoms with van der Waals surface area (Å²) < 4.78 is 18.3. The maximum atomic E-state index is 6.22. The van der Waals surface area contributed by atoms with Crippen LogP contribution >= 0.6 is 0 Å². The van der Waals surface area contributed by atoms with E-state index in [0.29, 0.717) is 12.5 Å². The van der Waals surface area contributed by atoms with E-state index in [1.54, 1.807) is 14.2 Å². The van der Waals surface area contributed by atoms with Crippen molar-refractivity contribution in [2.24, 2.45) is 11.7 Å². The number of hydrogen-bond acceptors (Lipinski definition) is 4. The third-order valence-electron chi connectivity index (χ3n) is 5.46. The second-order valence-corrected chi connectivity index (χ2v) is 10.1. The minimum absolute atomic E-state index is 0.329. The van der Waals surface area contributed by atoms with Crippen molar-refractivity contribution in [2.45, 2.75) is 43.4 Å². The first kappa shape index (κ1) is 18.6. The third kappa shape index (κ3) is 3.54. The fourth-order valence-corrected chi connectivity index (χ4v) is 8.41. The first-order valence-corrected chi connectivity index (χ1v) is 10.6. The van der Waals surface area contributed by atoms with Gasteiger partial charge in [-0.05, 0) is 49.8 Å². The molecule has 5 heteroatoms. The van der Waals surface area contributed by atoms with Crippen molar-refractivity contribution in [1.82, 2.24) is 0 Å². The zero-order valence-corrected chi connectivity index (χ0v) is 15.7. The predicted octanol–water partition coefficient (Wildman–Crippen LogP) is 3.04. The molecule has 1 fully saturated rings. The molecule has 0 amide bonds. The number of methoxy groups -OCH3 is 1. The molecule has 1 saturated heterocycles. The summed E-state index contributed by atoms with van der Waals surface area (Å²) in [5.41, 5.74) is 7.16. The van der Waals surface area contributed by atoms with Crippen LogP contribution in [0, 0.1) is 5.92 Å². The molecule has 130 valence electrons. The van der Waals surface area contributed by atoms with Gasteiger partial charge < -0.3 is 19.3 Å². The van der Waals surface area contributed by atoms with Gasteiger partial charge in [0.15, 0.2) is 0 Å². The quantitative estimate of drug-likeness (QED) is 0.741. The van der Waals surface area contributed by atoms with Gasteiger partial charge in [0, 0.05) is 21.3 Å². The normalized spacial score (nSPS) is 27.0. The van der Waals surface area contributed by atoms with E-state index >= 15 is 0 Å². The van der Waals surface area contributed by atoms with Gasteiger partial charge in [-0.25, -0.2) is 0 Å². The fourth-order valence-electron chi connectivity index (χ4n) is 4.32. The van der Waals surface area contributed by atoms with Crippen LogP contribution in [0.15, 0.2) is 30.3 Å². The average molecular weight is 338 g/mol. The summed E-state index contributed by atoms with van der Waals surface area (Å²) in [7, 11) is 2.95. The van der Waals surface area contributed by atoms with Crippen molar-refractivity contribution >= 4 is 8.56 Å². The number of rotatable bonds is 8. The van der Waals surface area contributed by atoms with Crippen molar-refractivity contribution in [3.05, 3.63) is 35.9 Å². The molecular weight excluding hydrogens is 306 g/mol. The van der Waals surface area contributed by atoms with Crippen LogP contribution < -0.4 is 5.73 Å². The smallest absolute Gasteiger partial charge is 0.371 e. The monoisotopic (exact) mass is 337 g/mol. The van der Waals surface area contributed by atoms with E-state index in [0.717, 1.165) is 38.1 Å². The highest BCUT2D eigenvalue weighted by molar-refractivity contribution is 6.70. The lowest BCUT2D eigenvalue weighted by Crippen LogP contribution is -2.68. The average Bonchev–Trinajstić information content (AvgIpc) is 2.61. The highest BCUT2D eigenvalue weighted by Crippen LogP contribution is 2.47. The summed E-state index contributed by atoms with van der Waals surface area (Å²) in [5, 5.41) is -0.329. The van der Waals surface area contributed by atoms with Gasteiger partial charge in [0.2, 0.25) is 0 Å². The molecule has 0 radical (unpaired) electrons. The summed E-state index contributed by atoms with van der Waals surface area (Å²) in [6.45, 7) is 0.668. The van der Waals surface area contributed by atoms with Gasteiger partial charge >= 0.3 is 8.56 Å². The third-order valence-corrected chi connectivity index (χ3v) is 9.95. The minimum atomic E-state index is -2.44. The largest absolute Gasteiger partial charge is 0.396 e. The summed E-state index contributed by atoms with van der Waals surface area (Å²) in [6.07, 6.45) is 5.13. The van der Waals surface area contributed by atoms with Crippen LogP contribution in [-0.4, -0.2) is 41.7 Å². The number of ether oxygens (including phenoxy) is 1. The lowest BCUT2D eigenvalue weighted by Gasteiger charge is -2.52. The Hall–Kier alpha value is -0.723.